The molecule has 1 saturated heterocycles. The molecule has 2 amide bonds. The monoisotopic (exact) mass is 308 g/mol. The van der Waals surface area contributed by atoms with Gasteiger partial charge in [-0.1, -0.05) is 35.9 Å². The summed E-state index contributed by atoms with van der Waals surface area (Å²) < 4.78 is 0. The van der Waals surface area contributed by atoms with Crippen LogP contribution in [-0.2, 0) is 9.59 Å². The number of para-hydroxylation sites is 1. The standard InChI is InChI=1S/C19H20N2O2/c1-13-8-9-17(14(2)10-13)20-19(23)15-11-18(22)21(12-15)16-6-4-3-5-7-16/h3-10,15H,11-12H2,1-2H3,(H,20,23)/t15-/m1/s1. The second-order valence-electron chi connectivity index (χ2n) is 6.05. The zero-order valence-electron chi connectivity index (χ0n) is 13.4. The molecule has 118 valence electrons. The van der Waals surface area contributed by atoms with E-state index in [4.69, 9.17) is 0 Å². The molecule has 1 fully saturated rings. The van der Waals surface area contributed by atoms with Crippen molar-refractivity contribution < 1.29 is 9.59 Å². The molecule has 23 heavy (non-hydrogen) atoms. The number of rotatable bonds is 3. The highest BCUT2D eigenvalue weighted by Gasteiger charge is 2.35. The zero-order valence-corrected chi connectivity index (χ0v) is 13.4. The van der Waals surface area contributed by atoms with Crippen molar-refractivity contribution in [2.75, 3.05) is 16.8 Å². The van der Waals surface area contributed by atoms with Crippen LogP contribution in [0.5, 0.6) is 0 Å². The Morgan fingerprint density at radius 3 is 2.57 bits per heavy atom. The number of nitrogens with zero attached hydrogens (tertiary/aromatic N) is 1. The SMILES string of the molecule is Cc1ccc(NC(=O)[C@@H]2CC(=O)N(c3ccccc3)C2)c(C)c1. The molecule has 1 N–H and O–H groups in total. The molecule has 0 bridgehead atoms. The van der Waals surface area contributed by atoms with E-state index in [1.807, 2.05) is 62.4 Å². The van der Waals surface area contributed by atoms with Gasteiger partial charge in [-0.25, -0.2) is 0 Å². The topological polar surface area (TPSA) is 49.4 Å². The maximum atomic E-state index is 12.5. The van der Waals surface area contributed by atoms with Crippen molar-refractivity contribution >= 4 is 23.2 Å². The second kappa shape index (κ2) is 6.24. The molecule has 3 rings (SSSR count). The van der Waals surface area contributed by atoms with Gasteiger partial charge in [0.1, 0.15) is 0 Å². The van der Waals surface area contributed by atoms with Crippen LogP contribution in [0.3, 0.4) is 0 Å². The summed E-state index contributed by atoms with van der Waals surface area (Å²) in [5, 5.41) is 2.95. The fourth-order valence-electron chi connectivity index (χ4n) is 2.93. The van der Waals surface area contributed by atoms with E-state index in [2.05, 4.69) is 5.32 Å². The number of hydrogen-bond acceptors (Lipinski definition) is 2. The third-order valence-corrected chi connectivity index (χ3v) is 4.20. The van der Waals surface area contributed by atoms with E-state index in [0.29, 0.717) is 6.54 Å². The van der Waals surface area contributed by atoms with Gasteiger partial charge < -0.3 is 10.2 Å². The molecule has 1 aliphatic heterocycles. The Balaban J connectivity index is 1.71. The highest BCUT2D eigenvalue weighted by molar-refractivity contribution is 6.03. The van der Waals surface area contributed by atoms with Crippen molar-refractivity contribution in [1.82, 2.24) is 0 Å². The van der Waals surface area contributed by atoms with E-state index < -0.39 is 0 Å². The van der Waals surface area contributed by atoms with Crippen molar-refractivity contribution in [3.05, 3.63) is 59.7 Å². The Morgan fingerprint density at radius 2 is 1.87 bits per heavy atom. The largest absolute Gasteiger partial charge is 0.326 e. The third-order valence-electron chi connectivity index (χ3n) is 4.20. The predicted octanol–water partition coefficient (Wildman–Crippen LogP) is 3.30. The van der Waals surface area contributed by atoms with Gasteiger partial charge in [-0.2, -0.15) is 0 Å². The smallest absolute Gasteiger partial charge is 0.229 e. The fraction of sp³-hybridized carbons (Fsp3) is 0.263. The van der Waals surface area contributed by atoms with Gasteiger partial charge in [0.25, 0.3) is 0 Å². The first-order chi connectivity index (χ1) is 11.0. The average molecular weight is 308 g/mol. The van der Waals surface area contributed by atoms with Crippen molar-refractivity contribution in [3.8, 4) is 0 Å². The first kappa shape index (κ1) is 15.3. The summed E-state index contributed by atoms with van der Waals surface area (Å²) in [6.07, 6.45) is 0.256. The lowest BCUT2D eigenvalue weighted by molar-refractivity contribution is -0.122. The van der Waals surface area contributed by atoms with Gasteiger partial charge in [0.05, 0.1) is 5.92 Å². The molecular weight excluding hydrogens is 288 g/mol. The molecule has 0 unspecified atom stereocenters. The number of benzene rings is 2. The summed E-state index contributed by atoms with van der Waals surface area (Å²) in [6, 6.07) is 15.4. The van der Waals surface area contributed by atoms with Crippen molar-refractivity contribution in [3.63, 3.8) is 0 Å². The van der Waals surface area contributed by atoms with Crippen LogP contribution in [0, 0.1) is 19.8 Å². The van der Waals surface area contributed by atoms with Crippen LogP contribution in [-0.4, -0.2) is 18.4 Å². The molecular formula is C19H20N2O2. The minimum absolute atomic E-state index is 0.00280. The second-order valence-corrected chi connectivity index (χ2v) is 6.05. The maximum absolute atomic E-state index is 12.5. The molecule has 1 heterocycles. The lowest BCUT2D eigenvalue weighted by atomic mass is 10.1. The Morgan fingerprint density at radius 1 is 1.13 bits per heavy atom. The summed E-state index contributed by atoms with van der Waals surface area (Å²) in [5.74, 6) is -0.413. The molecule has 1 atom stereocenters. The van der Waals surface area contributed by atoms with Crippen molar-refractivity contribution in [2.45, 2.75) is 20.3 Å². The Bertz CT molecular complexity index is 740. The summed E-state index contributed by atoms with van der Waals surface area (Å²) in [7, 11) is 0. The molecule has 0 saturated carbocycles. The average Bonchev–Trinajstić information content (AvgIpc) is 2.93. The molecule has 0 aromatic heterocycles. The van der Waals surface area contributed by atoms with Gasteiger partial charge in [-0.15, -0.1) is 0 Å². The van der Waals surface area contributed by atoms with E-state index in [0.717, 1.165) is 22.5 Å². The quantitative estimate of drug-likeness (QED) is 0.946. The van der Waals surface area contributed by atoms with Crippen LogP contribution >= 0.6 is 0 Å². The number of carbonyl (C=O) groups is 2. The van der Waals surface area contributed by atoms with E-state index in [9.17, 15) is 9.59 Å². The van der Waals surface area contributed by atoms with Gasteiger partial charge in [0.2, 0.25) is 11.8 Å². The number of carbonyl (C=O) groups excluding carboxylic acids is 2. The Labute approximate surface area is 136 Å². The molecule has 0 radical (unpaired) electrons. The van der Waals surface area contributed by atoms with Crippen LogP contribution in [0.25, 0.3) is 0 Å². The van der Waals surface area contributed by atoms with Crippen molar-refractivity contribution in [1.29, 1.82) is 0 Å². The summed E-state index contributed by atoms with van der Waals surface area (Å²) in [4.78, 5) is 26.4. The van der Waals surface area contributed by atoms with E-state index >= 15 is 0 Å². The summed E-state index contributed by atoms with van der Waals surface area (Å²) in [6.45, 7) is 4.42. The van der Waals surface area contributed by atoms with Crippen LogP contribution in [0.2, 0.25) is 0 Å². The first-order valence-electron chi connectivity index (χ1n) is 7.78. The lowest BCUT2D eigenvalue weighted by Crippen LogP contribution is -2.28. The predicted molar refractivity (Wildman–Crippen MR) is 91.4 cm³/mol. The summed E-state index contributed by atoms with van der Waals surface area (Å²) >= 11 is 0. The molecule has 2 aromatic carbocycles. The normalized spacial score (nSPS) is 17.4. The van der Waals surface area contributed by atoms with E-state index in [1.165, 1.54) is 0 Å². The highest BCUT2D eigenvalue weighted by Crippen LogP contribution is 2.26. The van der Waals surface area contributed by atoms with Gasteiger partial charge in [0.15, 0.2) is 0 Å². The van der Waals surface area contributed by atoms with Crippen molar-refractivity contribution in [2.24, 2.45) is 5.92 Å². The minimum atomic E-state index is -0.316. The van der Waals surface area contributed by atoms with Crippen LogP contribution in [0.4, 0.5) is 11.4 Å². The number of aryl methyl sites for hydroxylation is 2. The molecule has 0 spiro atoms. The number of amides is 2. The minimum Gasteiger partial charge on any atom is -0.326 e. The lowest BCUT2D eigenvalue weighted by Gasteiger charge is -2.17. The molecule has 1 aliphatic rings. The van der Waals surface area contributed by atoms with Gasteiger partial charge in [0, 0.05) is 24.3 Å². The van der Waals surface area contributed by atoms with Crippen LogP contribution in [0.1, 0.15) is 17.5 Å². The molecule has 4 nitrogen and oxygen atoms in total. The molecule has 4 heteroatoms. The van der Waals surface area contributed by atoms with Crippen LogP contribution in [0.15, 0.2) is 48.5 Å². The summed E-state index contributed by atoms with van der Waals surface area (Å²) in [5.41, 5.74) is 3.85. The maximum Gasteiger partial charge on any atom is 0.229 e. The first-order valence-corrected chi connectivity index (χ1v) is 7.78. The van der Waals surface area contributed by atoms with E-state index in [1.54, 1.807) is 4.90 Å². The van der Waals surface area contributed by atoms with Gasteiger partial charge >= 0.3 is 0 Å². The number of nitrogens with one attached hydrogen (secondary N) is 1. The van der Waals surface area contributed by atoms with Gasteiger partial charge in [-0.3, -0.25) is 9.59 Å². The number of anilines is 2. The molecule has 0 aliphatic carbocycles. The highest BCUT2D eigenvalue weighted by atomic mass is 16.2. The fourth-order valence-corrected chi connectivity index (χ4v) is 2.93. The van der Waals surface area contributed by atoms with Gasteiger partial charge in [-0.05, 0) is 37.6 Å². The number of hydrogen-bond donors (Lipinski definition) is 1. The molecule has 2 aromatic rings. The third kappa shape index (κ3) is 3.26. The Hall–Kier alpha value is -2.62. The Kier molecular flexibility index (Phi) is 4.15. The van der Waals surface area contributed by atoms with Crippen LogP contribution < -0.4 is 10.2 Å². The van der Waals surface area contributed by atoms with E-state index in [-0.39, 0.29) is 24.2 Å². The zero-order chi connectivity index (χ0) is 16.4.